The topological polar surface area (TPSA) is 87.0 Å². The molecule has 1 aliphatic heterocycles. The second-order valence-electron chi connectivity index (χ2n) is 4.69. The van der Waals surface area contributed by atoms with Gasteiger partial charge in [-0.2, -0.15) is 0 Å². The van der Waals surface area contributed by atoms with Gasteiger partial charge in [-0.15, -0.1) is 0 Å². The van der Waals surface area contributed by atoms with Crippen molar-refractivity contribution in [2.24, 2.45) is 0 Å². The lowest BCUT2D eigenvalue weighted by Gasteiger charge is -2.27. The first-order chi connectivity index (χ1) is 7.80. The molecule has 1 heterocycles. The number of aromatic carboxylic acids is 1. The molecule has 0 saturated carbocycles. The van der Waals surface area contributed by atoms with Gasteiger partial charge in [0.05, 0.1) is 11.2 Å². The van der Waals surface area contributed by atoms with Crippen molar-refractivity contribution >= 4 is 5.97 Å². The number of carboxylic acid groups (broad SMARTS) is 1. The smallest absolute Gasteiger partial charge is 0.335 e. The number of benzene rings is 1. The van der Waals surface area contributed by atoms with Crippen molar-refractivity contribution in [1.29, 1.82) is 0 Å². The number of hydrogen-bond acceptors (Lipinski definition) is 4. The molecule has 0 unspecified atom stereocenters. The molecular formula is C12H14O5. The van der Waals surface area contributed by atoms with E-state index < -0.39 is 23.8 Å². The SMILES string of the molecule is CC(C)(O)[C@H]1Oc2ccc(C(=O)O)cc2[C@@H]1O. The van der Waals surface area contributed by atoms with Crippen molar-refractivity contribution in [3.05, 3.63) is 29.3 Å². The highest BCUT2D eigenvalue weighted by atomic mass is 16.5. The maximum absolute atomic E-state index is 10.8. The van der Waals surface area contributed by atoms with Gasteiger partial charge < -0.3 is 20.1 Å². The summed E-state index contributed by atoms with van der Waals surface area (Å²) in [4.78, 5) is 10.8. The summed E-state index contributed by atoms with van der Waals surface area (Å²) in [7, 11) is 0. The highest BCUT2D eigenvalue weighted by Crippen LogP contribution is 2.40. The molecule has 5 heteroatoms. The van der Waals surface area contributed by atoms with Gasteiger partial charge in [0.1, 0.15) is 11.9 Å². The van der Waals surface area contributed by atoms with Crippen LogP contribution in [0, 0.1) is 0 Å². The lowest BCUT2D eigenvalue weighted by atomic mass is 9.94. The molecule has 2 rings (SSSR count). The number of carbonyl (C=O) groups is 1. The van der Waals surface area contributed by atoms with Gasteiger partial charge >= 0.3 is 5.97 Å². The Morgan fingerprint density at radius 2 is 2.06 bits per heavy atom. The van der Waals surface area contributed by atoms with E-state index in [1.54, 1.807) is 0 Å². The summed E-state index contributed by atoms with van der Waals surface area (Å²) >= 11 is 0. The first-order valence-electron chi connectivity index (χ1n) is 5.25. The van der Waals surface area contributed by atoms with E-state index in [1.807, 2.05) is 0 Å². The molecule has 3 N–H and O–H groups in total. The molecular weight excluding hydrogens is 224 g/mol. The molecule has 0 aromatic heterocycles. The summed E-state index contributed by atoms with van der Waals surface area (Å²) in [5.41, 5.74) is -0.721. The number of fused-ring (bicyclic) bond motifs is 1. The summed E-state index contributed by atoms with van der Waals surface area (Å²) in [6.45, 7) is 3.07. The first kappa shape index (κ1) is 11.9. The third-order valence-electron chi connectivity index (χ3n) is 2.81. The Kier molecular flexibility index (Phi) is 2.60. The van der Waals surface area contributed by atoms with Crippen molar-refractivity contribution in [3.8, 4) is 5.75 Å². The summed E-state index contributed by atoms with van der Waals surface area (Å²) < 4.78 is 5.43. The number of aliphatic hydroxyl groups is 2. The number of ether oxygens (including phenoxy) is 1. The fraction of sp³-hybridized carbons (Fsp3) is 0.417. The van der Waals surface area contributed by atoms with Crippen LogP contribution in [0.3, 0.4) is 0 Å². The Hall–Kier alpha value is -1.59. The molecule has 0 bridgehead atoms. The molecule has 0 amide bonds. The Bertz CT molecular complexity index is 460. The van der Waals surface area contributed by atoms with Gasteiger partial charge in [-0.3, -0.25) is 0 Å². The highest BCUT2D eigenvalue weighted by Gasteiger charge is 2.42. The molecule has 2 atom stereocenters. The molecule has 17 heavy (non-hydrogen) atoms. The normalized spacial score (nSPS) is 23.1. The van der Waals surface area contributed by atoms with Crippen LogP contribution in [0.25, 0.3) is 0 Å². The zero-order chi connectivity index (χ0) is 12.8. The fourth-order valence-corrected chi connectivity index (χ4v) is 1.91. The minimum atomic E-state index is -1.21. The van der Waals surface area contributed by atoms with E-state index in [2.05, 4.69) is 0 Å². The molecule has 1 aromatic carbocycles. The van der Waals surface area contributed by atoms with E-state index >= 15 is 0 Å². The maximum Gasteiger partial charge on any atom is 0.335 e. The minimum Gasteiger partial charge on any atom is -0.484 e. The van der Waals surface area contributed by atoms with E-state index in [0.29, 0.717) is 11.3 Å². The van der Waals surface area contributed by atoms with Gasteiger partial charge in [0.15, 0.2) is 6.10 Å². The van der Waals surface area contributed by atoms with Crippen LogP contribution < -0.4 is 4.74 Å². The molecule has 0 aliphatic carbocycles. The molecule has 92 valence electrons. The van der Waals surface area contributed by atoms with Crippen LogP contribution in [0.2, 0.25) is 0 Å². The second-order valence-corrected chi connectivity index (χ2v) is 4.69. The summed E-state index contributed by atoms with van der Waals surface area (Å²) in [5.74, 6) is -0.652. The van der Waals surface area contributed by atoms with Crippen molar-refractivity contribution in [2.75, 3.05) is 0 Å². The summed E-state index contributed by atoms with van der Waals surface area (Å²) in [6, 6.07) is 4.27. The van der Waals surface area contributed by atoms with Crippen LogP contribution in [-0.4, -0.2) is 33.0 Å². The zero-order valence-electron chi connectivity index (χ0n) is 9.54. The highest BCUT2D eigenvalue weighted by molar-refractivity contribution is 5.88. The lowest BCUT2D eigenvalue weighted by molar-refractivity contribution is -0.0762. The Morgan fingerprint density at radius 1 is 1.41 bits per heavy atom. The van der Waals surface area contributed by atoms with Crippen LogP contribution in [0.5, 0.6) is 5.75 Å². The zero-order valence-corrected chi connectivity index (χ0v) is 9.54. The molecule has 0 spiro atoms. The van der Waals surface area contributed by atoms with E-state index in [4.69, 9.17) is 9.84 Å². The molecule has 5 nitrogen and oxygen atoms in total. The lowest BCUT2D eigenvalue weighted by Crippen LogP contribution is -2.41. The predicted octanol–water partition coefficient (Wildman–Crippen LogP) is 0.950. The third-order valence-corrected chi connectivity index (χ3v) is 2.81. The predicted molar refractivity (Wildman–Crippen MR) is 59.1 cm³/mol. The average molecular weight is 238 g/mol. The van der Waals surface area contributed by atoms with E-state index in [0.717, 1.165) is 0 Å². The molecule has 1 aromatic rings. The largest absolute Gasteiger partial charge is 0.484 e. The number of carboxylic acids is 1. The maximum atomic E-state index is 10.8. The number of hydrogen-bond donors (Lipinski definition) is 3. The Morgan fingerprint density at radius 3 is 2.59 bits per heavy atom. The van der Waals surface area contributed by atoms with Gasteiger partial charge in [-0.25, -0.2) is 4.79 Å². The standard InChI is InChI=1S/C12H14O5/c1-12(2,16)10-9(13)7-5-6(11(14)15)3-4-8(7)17-10/h3-5,9-10,13,16H,1-2H3,(H,14,15)/t9-,10-/m0/s1. The summed E-state index contributed by atoms with van der Waals surface area (Å²) in [5, 5.41) is 28.7. The van der Waals surface area contributed by atoms with Gasteiger partial charge in [0.25, 0.3) is 0 Å². The quantitative estimate of drug-likeness (QED) is 0.714. The molecule has 1 aliphatic rings. The van der Waals surface area contributed by atoms with Crippen molar-refractivity contribution in [1.82, 2.24) is 0 Å². The van der Waals surface area contributed by atoms with Crippen LogP contribution in [0.15, 0.2) is 18.2 Å². The van der Waals surface area contributed by atoms with Crippen molar-refractivity contribution < 1.29 is 24.9 Å². The minimum absolute atomic E-state index is 0.0859. The summed E-state index contributed by atoms with van der Waals surface area (Å²) in [6.07, 6.45) is -1.81. The molecule has 0 radical (unpaired) electrons. The van der Waals surface area contributed by atoms with E-state index in [1.165, 1.54) is 32.0 Å². The van der Waals surface area contributed by atoms with Crippen LogP contribution in [0.4, 0.5) is 0 Å². The van der Waals surface area contributed by atoms with Crippen molar-refractivity contribution in [3.63, 3.8) is 0 Å². The van der Waals surface area contributed by atoms with Crippen LogP contribution >= 0.6 is 0 Å². The molecule has 0 fully saturated rings. The number of aliphatic hydroxyl groups excluding tert-OH is 1. The number of rotatable bonds is 2. The van der Waals surface area contributed by atoms with Crippen LogP contribution in [0.1, 0.15) is 35.9 Å². The van der Waals surface area contributed by atoms with Gasteiger partial charge in [0, 0.05) is 5.56 Å². The Balaban J connectivity index is 2.39. The second kappa shape index (κ2) is 3.72. The Labute approximate surface area is 98.3 Å². The van der Waals surface area contributed by atoms with Gasteiger partial charge in [0.2, 0.25) is 0 Å². The average Bonchev–Trinajstić information content (AvgIpc) is 2.55. The van der Waals surface area contributed by atoms with E-state index in [-0.39, 0.29) is 5.56 Å². The van der Waals surface area contributed by atoms with Gasteiger partial charge in [-0.1, -0.05) is 0 Å². The van der Waals surface area contributed by atoms with E-state index in [9.17, 15) is 15.0 Å². The monoisotopic (exact) mass is 238 g/mol. The van der Waals surface area contributed by atoms with Gasteiger partial charge in [-0.05, 0) is 32.0 Å². The third kappa shape index (κ3) is 1.99. The fourth-order valence-electron chi connectivity index (χ4n) is 1.91. The first-order valence-corrected chi connectivity index (χ1v) is 5.25. The van der Waals surface area contributed by atoms with Crippen molar-refractivity contribution in [2.45, 2.75) is 31.7 Å². The molecule has 0 saturated heterocycles. The van der Waals surface area contributed by atoms with Crippen LogP contribution in [-0.2, 0) is 0 Å².